The minimum Gasteiger partial charge on any atom is -0.465 e. The number of hydrogen-bond donors (Lipinski definition) is 3. The quantitative estimate of drug-likeness (QED) is 0.319. The molecule has 0 spiro atoms. The number of carboxylic acid groups (broad SMARTS) is 1. The fourth-order valence-electron chi connectivity index (χ4n) is 2.89. The lowest BCUT2D eigenvalue weighted by atomic mass is 10.1. The number of aromatic nitrogens is 2. The van der Waals surface area contributed by atoms with Crippen molar-refractivity contribution in [3.05, 3.63) is 58.7 Å². The number of unbranched alkanes of at least 4 members (excludes halogenated alkanes) is 1. The molecule has 0 bridgehead atoms. The van der Waals surface area contributed by atoms with Gasteiger partial charge in [-0.05, 0) is 30.0 Å². The van der Waals surface area contributed by atoms with E-state index < -0.39 is 6.09 Å². The van der Waals surface area contributed by atoms with Crippen molar-refractivity contribution in [2.45, 2.75) is 26.2 Å². The van der Waals surface area contributed by atoms with E-state index in [2.05, 4.69) is 15.0 Å². The second kappa shape index (κ2) is 11.4. The molecule has 0 radical (unpaired) electrons. The lowest BCUT2D eigenvalue weighted by Gasteiger charge is -2.17. The number of benzene rings is 1. The van der Waals surface area contributed by atoms with E-state index in [0.717, 1.165) is 40.5 Å². The molecule has 2 heterocycles. The Morgan fingerprint density at radius 3 is 2.83 bits per heavy atom. The van der Waals surface area contributed by atoms with Crippen molar-refractivity contribution in [2.24, 2.45) is 10.7 Å². The lowest BCUT2D eigenvalue weighted by molar-refractivity contribution is 0.145. The van der Waals surface area contributed by atoms with Gasteiger partial charge in [0.15, 0.2) is 0 Å². The summed E-state index contributed by atoms with van der Waals surface area (Å²) < 4.78 is 0. The van der Waals surface area contributed by atoms with Crippen LogP contribution in [0.15, 0.2) is 53.0 Å². The molecule has 2 aromatic heterocycles. The number of H-pyrrole nitrogens is 1. The van der Waals surface area contributed by atoms with Crippen LogP contribution < -0.4 is 5.73 Å². The van der Waals surface area contributed by atoms with Gasteiger partial charge < -0.3 is 20.7 Å². The molecular formula is C21H26ClN5O2S. The topological polar surface area (TPSA) is 108 Å². The fourth-order valence-corrected chi connectivity index (χ4v) is 3.52. The van der Waals surface area contributed by atoms with Crippen LogP contribution in [0.4, 0.5) is 10.5 Å². The summed E-state index contributed by atoms with van der Waals surface area (Å²) in [6.07, 6.45) is 3.23. The number of nitrogens with zero attached hydrogens (tertiary/aromatic N) is 3. The van der Waals surface area contributed by atoms with Crippen molar-refractivity contribution in [2.75, 3.05) is 13.1 Å². The van der Waals surface area contributed by atoms with Gasteiger partial charge >= 0.3 is 6.09 Å². The van der Waals surface area contributed by atoms with Crippen molar-refractivity contribution in [3.63, 3.8) is 0 Å². The standard InChI is InChI=1S/C21H25N5O2S.ClH/c1-2-3-10-26(21(27)28)11-9-19-23-14-17(25-19)15-6-4-7-16(13-15)24-20(22)18-8-5-12-29-18;/h4-8,12-14H,2-3,9-11H2,1H3,(H2,22,24)(H,23,25)(H,27,28);1H. The van der Waals surface area contributed by atoms with E-state index in [4.69, 9.17) is 5.73 Å². The second-order valence-corrected chi connectivity index (χ2v) is 7.59. The Hall–Kier alpha value is -2.84. The number of nitrogens with one attached hydrogen (secondary N) is 1. The van der Waals surface area contributed by atoms with Crippen LogP contribution in [0.25, 0.3) is 11.3 Å². The molecule has 0 unspecified atom stereocenters. The lowest BCUT2D eigenvalue weighted by Crippen LogP contribution is -2.32. The molecule has 0 aliphatic carbocycles. The molecule has 1 amide bonds. The number of thiophene rings is 1. The van der Waals surface area contributed by atoms with Gasteiger partial charge in [0.2, 0.25) is 0 Å². The van der Waals surface area contributed by atoms with Crippen LogP contribution in [0.5, 0.6) is 0 Å². The molecule has 9 heteroatoms. The number of amidine groups is 1. The van der Waals surface area contributed by atoms with Gasteiger partial charge in [0.25, 0.3) is 0 Å². The predicted molar refractivity (Wildman–Crippen MR) is 124 cm³/mol. The van der Waals surface area contributed by atoms with Gasteiger partial charge in [-0.15, -0.1) is 23.7 Å². The van der Waals surface area contributed by atoms with Crippen molar-refractivity contribution in [3.8, 4) is 11.3 Å². The zero-order valence-corrected chi connectivity index (χ0v) is 18.4. The molecule has 1 aromatic carbocycles. The molecule has 0 atom stereocenters. The highest BCUT2D eigenvalue weighted by atomic mass is 35.5. The Morgan fingerprint density at radius 1 is 1.30 bits per heavy atom. The van der Waals surface area contributed by atoms with E-state index >= 15 is 0 Å². The largest absolute Gasteiger partial charge is 0.465 e. The summed E-state index contributed by atoms with van der Waals surface area (Å²) in [6.45, 7) is 3.01. The Labute approximate surface area is 186 Å². The van der Waals surface area contributed by atoms with Crippen LogP contribution in [0.2, 0.25) is 0 Å². The van der Waals surface area contributed by atoms with Crippen LogP contribution in [0.1, 0.15) is 30.5 Å². The SMILES string of the molecule is CCCCN(CCc1ncc(-c2cccc(N=C(N)c3cccs3)c2)[nH]1)C(=O)O.Cl. The Morgan fingerprint density at radius 2 is 2.13 bits per heavy atom. The summed E-state index contributed by atoms with van der Waals surface area (Å²) in [4.78, 5) is 25.9. The summed E-state index contributed by atoms with van der Waals surface area (Å²) in [5, 5.41) is 11.3. The third-order valence-electron chi connectivity index (χ3n) is 4.48. The Balaban J connectivity index is 0.00000320. The van der Waals surface area contributed by atoms with Gasteiger partial charge in [-0.3, -0.25) is 0 Å². The van der Waals surface area contributed by atoms with E-state index in [-0.39, 0.29) is 12.4 Å². The second-order valence-electron chi connectivity index (χ2n) is 6.64. The van der Waals surface area contributed by atoms with Crippen LogP contribution >= 0.6 is 23.7 Å². The molecule has 0 aliphatic heterocycles. The van der Waals surface area contributed by atoms with Gasteiger partial charge in [-0.2, -0.15) is 0 Å². The number of aliphatic imine (C=N–C) groups is 1. The zero-order valence-electron chi connectivity index (χ0n) is 16.7. The van der Waals surface area contributed by atoms with Crippen molar-refractivity contribution in [1.82, 2.24) is 14.9 Å². The van der Waals surface area contributed by atoms with Gasteiger partial charge in [-0.1, -0.05) is 31.5 Å². The minimum absolute atomic E-state index is 0. The molecule has 30 heavy (non-hydrogen) atoms. The molecule has 0 saturated carbocycles. The summed E-state index contributed by atoms with van der Waals surface area (Å²) in [6, 6.07) is 11.6. The molecule has 0 saturated heterocycles. The molecule has 4 N–H and O–H groups in total. The number of carbonyl (C=O) groups is 1. The Kier molecular flexibility index (Phi) is 8.89. The van der Waals surface area contributed by atoms with Gasteiger partial charge in [0.1, 0.15) is 11.7 Å². The number of aromatic amines is 1. The highest BCUT2D eigenvalue weighted by Crippen LogP contribution is 2.23. The van der Waals surface area contributed by atoms with Crippen LogP contribution in [0, 0.1) is 0 Å². The van der Waals surface area contributed by atoms with E-state index in [1.807, 2.05) is 48.7 Å². The number of halogens is 1. The first-order valence-corrected chi connectivity index (χ1v) is 10.4. The van der Waals surface area contributed by atoms with E-state index in [9.17, 15) is 9.90 Å². The molecule has 3 aromatic rings. The zero-order chi connectivity index (χ0) is 20.6. The van der Waals surface area contributed by atoms with Gasteiger partial charge in [0.05, 0.1) is 22.5 Å². The number of nitrogens with two attached hydrogens (primary N) is 1. The van der Waals surface area contributed by atoms with Crippen molar-refractivity contribution < 1.29 is 9.90 Å². The maximum atomic E-state index is 11.3. The highest BCUT2D eigenvalue weighted by molar-refractivity contribution is 7.12. The third kappa shape index (κ3) is 6.33. The number of rotatable bonds is 9. The van der Waals surface area contributed by atoms with E-state index in [0.29, 0.717) is 25.3 Å². The van der Waals surface area contributed by atoms with E-state index in [1.54, 1.807) is 17.5 Å². The molecule has 3 rings (SSSR count). The number of hydrogen-bond acceptors (Lipinski definition) is 4. The van der Waals surface area contributed by atoms with Crippen molar-refractivity contribution >= 4 is 41.4 Å². The Bertz CT molecular complexity index is 971. The van der Waals surface area contributed by atoms with Crippen LogP contribution in [0.3, 0.4) is 0 Å². The van der Waals surface area contributed by atoms with Crippen LogP contribution in [-0.4, -0.2) is 45.0 Å². The summed E-state index contributed by atoms with van der Waals surface area (Å²) in [5.74, 6) is 1.25. The molecule has 0 aliphatic rings. The van der Waals surface area contributed by atoms with Gasteiger partial charge in [0, 0.05) is 25.1 Å². The smallest absolute Gasteiger partial charge is 0.407 e. The summed E-state index contributed by atoms with van der Waals surface area (Å²) in [5.41, 5.74) is 8.66. The summed E-state index contributed by atoms with van der Waals surface area (Å²) in [7, 11) is 0. The predicted octanol–water partition coefficient (Wildman–Crippen LogP) is 4.92. The van der Waals surface area contributed by atoms with Crippen LogP contribution in [-0.2, 0) is 6.42 Å². The monoisotopic (exact) mass is 447 g/mol. The van der Waals surface area contributed by atoms with E-state index in [1.165, 1.54) is 4.90 Å². The minimum atomic E-state index is -0.890. The molecule has 0 fully saturated rings. The fraction of sp³-hybridized carbons (Fsp3) is 0.286. The highest BCUT2D eigenvalue weighted by Gasteiger charge is 2.12. The first kappa shape index (κ1) is 23.4. The maximum absolute atomic E-state index is 11.3. The summed E-state index contributed by atoms with van der Waals surface area (Å²) >= 11 is 1.55. The maximum Gasteiger partial charge on any atom is 0.407 e. The molecule has 160 valence electrons. The average Bonchev–Trinajstić information content (AvgIpc) is 3.40. The molecular weight excluding hydrogens is 422 g/mol. The number of imidazole rings is 1. The average molecular weight is 448 g/mol. The first-order chi connectivity index (χ1) is 14.1. The molecule has 7 nitrogen and oxygen atoms in total. The number of amides is 1. The third-order valence-corrected chi connectivity index (χ3v) is 5.37. The normalized spacial score (nSPS) is 11.2. The first-order valence-electron chi connectivity index (χ1n) is 9.57. The van der Waals surface area contributed by atoms with Crippen molar-refractivity contribution in [1.29, 1.82) is 0 Å². The van der Waals surface area contributed by atoms with Gasteiger partial charge in [-0.25, -0.2) is 14.8 Å².